The topological polar surface area (TPSA) is 35.0 Å². The third kappa shape index (κ3) is 2.33. The predicted octanol–water partition coefficient (Wildman–Crippen LogP) is 3.44. The third-order valence-corrected chi connectivity index (χ3v) is 3.16. The molecule has 0 bridgehead atoms. The van der Waals surface area contributed by atoms with Gasteiger partial charge >= 0.3 is 0 Å². The van der Waals surface area contributed by atoms with E-state index in [-0.39, 0.29) is 0 Å². The van der Waals surface area contributed by atoms with Crippen molar-refractivity contribution in [2.75, 3.05) is 6.61 Å². The molecule has 2 aromatic heterocycles. The van der Waals surface area contributed by atoms with E-state index < -0.39 is 0 Å². The monoisotopic (exact) mass is 253 g/mol. The van der Waals surface area contributed by atoms with Crippen LogP contribution >= 0.6 is 22.9 Å². The van der Waals surface area contributed by atoms with Crippen LogP contribution in [0.25, 0.3) is 10.6 Å². The zero-order valence-corrected chi connectivity index (χ0v) is 10.3. The molecule has 0 amide bonds. The van der Waals surface area contributed by atoms with Crippen LogP contribution in [-0.4, -0.2) is 16.6 Å². The molecule has 0 unspecified atom stereocenters. The van der Waals surface area contributed by atoms with Crippen molar-refractivity contribution >= 4 is 22.9 Å². The van der Waals surface area contributed by atoms with E-state index in [0.29, 0.717) is 11.8 Å². The number of ether oxygens (including phenoxy) is 1. The number of halogens is 1. The highest BCUT2D eigenvalue weighted by Gasteiger charge is 2.09. The molecule has 16 heavy (non-hydrogen) atoms. The average Bonchev–Trinajstić information content (AvgIpc) is 2.61. The van der Waals surface area contributed by atoms with Crippen molar-refractivity contribution in [2.24, 2.45) is 0 Å². The standard InChI is InChI=1S/C11H10ClN2OS/c1-3-15-9-5-10(16-7(9)2)8-4-11(12)14-6-13-8/h4-6H,2-3H2,1H3. The van der Waals surface area contributed by atoms with E-state index in [1.54, 1.807) is 6.07 Å². The number of rotatable bonds is 3. The molecule has 0 saturated heterocycles. The van der Waals surface area contributed by atoms with Gasteiger partial charge in [-0.15, -0.1) is 11.3 Å². The fourth-order valence-corrected chi connectivity index (χ4v) is 2.30. The summed E-state index contributed by atoms with van der Waals surface area (Å²) in [5, 5.41) is 0.432. The molecular weight excluding hydrogens is 244 g/mol. The molecular formula is C11H10ClN2OS. The van der Waals surface area contributed by atoms with Crippen LogP contribution < -0.4 is 4.74 Å². The van der Waals surface area contributed by atoms with Gasteiger partial charge in [-0.25, -0.2) is 9.97 Å². The van der Waals surface area contributed by atoms with E-state index in [2.05, 4.69) is 16.9 Å². The normalized spacial score (nSPS) is 10.4. The minimum atomic E-state index is 0.432. The van der Waals surface area contributed by atoms with Gasteiger partial charge in [0.2, 0.25) is 0 Å². The molecule has 0 aliphatic heterocycles. The molecule has 2 rings (SSSR count). The minimum absolute atomic E-state index is 0.432. The summed E-state index contributed by atoms with van der Waals surface area (Å²) in [6, 6.07) is 3.65. The van der Waals surface area contributed by atoms with Crippen LogP contribution in [0.3, 0.4) is 0 Å². The second-order valence-electron chi connectivity index (χ2n) is 3.06. The summed E-state index contributed by atoms with van der Waals surface area (Å²) in [5.74, 6) is 0.803. The second kappa shape index (κ2) is 4.80. The SMILES string of the molecule is [CH2]c1sc(-c2cc(Cl)ncn2)cc1OCC. The molecule has 2 heterocycles. The number of hydrogen-bond acceptors (Lipinski definition) is 4. The van der Waals surface area contributed by atoms with Crippen LogP contribution in [0, 0.1) is 6.92 Å². The van der Waals surface area contributed by atoms with Gasteiger partial charge in [0.05, 0.1) is 17.2 Å². The van der Waals surface area contributed by atoms with Crippen LogP contribution in [-0.2, 0) is 0 Å². The lowest BCUT2D eigenvalue weighted by atomic mass is 10.3. The molecule has 0 aliphatic carbocycles. The molecule has 3 nitrogen and oxygen atoms in total. The Morgan fingerprint density at radius 2 is 2.25 bits per heavy atom. The smallest absolute Gasteiger partial charge is 0.133 e. The first kappa shape index (κ1) is 11.4. The lowest BCUT2D eigenvalue weighted by Crippen LogP contribution is -1.90. The summed E-state index contributed by atoms with van der Waals surface area (Å²) < 4.78 is 5.44. The van der Waals surface area contributed by atoms with Crippen molar-refractivity contribution in [3.63, 3.8) is 0 Å². The van der Waals surface area contributed by atoms with Crippen molar-refractivity contribution < 1.29 is 4.74 Å². The Hall–Kier alpha value is -1.13. The Morgan fingerprint density at radius 3 is 2.94 bits per heavy atom. The van der Waals surface area contributed by atoms with Crippen LogP contribution in [0.5, 0.6) is 5.75 Å². The Bertz CT molecular complexity index is 498. The second-order valence-corrected chi connectivity index (χ2v) is 4.58. The van der Waals surface area contributed by atoms with Crippen molar-refractivity contribution in [3.8, 4) is 16.3 Å². The fraction of sp³-hybridized carbons (Fsp3) is 0.182. The highest BCUT2D eigenvalue weighted by Crippen LogP contribution is 2.35. The highest BCUT2D eigenvalue weighted by molar-refractivity contribution is 7.16. The van der Waals surface area contributed by atoms with Crippen LogP contribution in [0.1, 0.15) is 11.8 Å². The summed E-state index contributed by atoms with van der Waals surface area (Å²) in [6.07, 6.45) is 1.44. The molecule has 83 valence electrons. The van der Waals surface area contributed by atoms with Gasteiger partial charge in [0.1, 0.15) is 17.2 Å². The van der Waals surface area contributed by atoms with E-state index in [9.17, 15) is 0 Å². The van der Waals surface area contributed by atoms with E-state index in [1.807, 2.05) is 13.0 Å². The summed E-state index contributed by atoms with van der Waals surface area (Å²) >= 11 is 7.34. The van der Waals surface area contributed by atoms with Crippen LogP contribution in [0.4, 0.5) is 0 Å². The Balaban J connectivity index is 2.37. The first-order valence-electron chi connectivity index (χ1n) is 4.77. The number of aromatic nitrogens is 2. The first-order chi connectivity index (χ1) is 7.70. The molecule has 0 fully saturated rings. The number of hydrogen-bond donors (Lipinski definition) is 0. The van der Waals surface area contributed by atoms with Crippen molar-refractivity contribution in [1.82, 2.24) is 9.97 Å². The van der Waals surface area contributed by atoms with Gasteiger partial charge in [0.25, 0.3) is 0 Å². The number of nitrogens with zero attached hydrogens (tertiary/aromatic N) is 2. The Kier molecular flexibility index (Phi) is 3.41. The van der Waals surface area contributed by atoms with Crippen LogP contribution in [0.2, 0.25) is 5.15 Å². The molecule has 0 aromatic carbocycles. The van der Waals surface area contributed by atoms with E-state index in [0.717, 1.165) is 21.2 Å². The van der Waals surface area contributed by atoms with Crippen molar-refractivity contribution in [3.05, 3.63) is 35.4 Å². The molecule has 0 spiro atoms. The van der Waals surface area contributed by atoms with E-state index in [4.69, 9.17) is 16.3 Å². The quantitative estimate of drug-likeness (QED) is 0.786. The Labute approximate surface area is 103 Å². The lowest BCUT2D eigenvalue weighted by Gasteiger charge is -1.98. The van der Waals surface area contributed by atoms with E-state index in [1.165, 1.54) is 17.7 Å². The maximum absolute atomic E-state index is 5.81. The molecule has 1 radical (unpaired) electrons. The molecule has 0 atom stereocenters. The lowest BCUT2D eigenvalue weighted by molar-refractivity contribution is 0.340. The van der Waals surface area contributed by atoms with Crippen molar-refractivity contribution in [1.29, 1.82) is 0 Å². The maximum atomic E-state index is 5.81. The van der Waals surface area contributed by atoms with Crippen LogP contribution in [0.15, 0.2) is 18.5 Å². The minimum Gasteiger partial charge on any atom is -0.493 e. The Morgan fingerprint density at radius 1 is 1.44 bits per heavy atom. The van der Waals surface area contributed by atoms with Gasteiger partial charge in [-0.3, -0.25) is 0 Å². The average molecular weight is 254 g/mol. The van der Waals surface area contributed by atoms with Gasteiger partial charge < -0.3 is 4.74 Å². The van der Waals surface area contributed by atoms with Gasteiger partial charge in [-0.05, 0) is 13.8 Å². The molecule has 0 aliphatic rings. The zero-order valence-electron chi connectivity index (χ0n) is 8.74. The zero-order chi connectivity index (χ0) is 11.5. The fourth-order valence-electron chi connectivity index (χ4n) is 1.28. The summed E-state index contributed by atoms with van der Waals surface area (Å²) in [7, 11) is 0. The van der Waals surface area contributed by atoms with E-state index >= 15 is 0 Å². The summed E-state index contributed by atoms with van der Waals surface area (Å²) in [5.41, 5.74) is 0.792. The van der Waals surface area contributed by atoms with Gasteiger partial charge in [-0.1, -0.05) is 11.6 Å². The van der Waals surface area contributed by atoms with Gasteiger partial charge in [0.15, 0.2) is 0 Å². The molecule has 0 saturated carbocycles. The largest absolute Gasteiger partial charge is 0.493 e. The van der Waals surface area contributed by atoms with Crippen molar-refractivity contribution in [2.45, 2.75) is 6.92 Å². The summed E-state index contributed by atoms with van der Waals surface area (Å²) in [6.45, 7) is 6.50. The molecule has 2 aromatic rings. The predicted molar refractivity (Wildman–Crippen MR) is 66.0 cm³/mol. The number of thiophene rings is 1. The third-order valence-electron chi connectivity index (χ3n) is 1.96. The maximum Gasteiger partial charge on any atom is 0.133 e. The first-order valence-corrected chi connectivity index (χ1v) is 5.96. The van der Waals surface area contributed by atoms with Gasteiger partial charge in [-0.2, -0.15) is 0 Å². The highest BCUT2D eigenvalue weighted by atomic mass is 35.5. The molecule has 0 N–H and O–H groups in total. The summed E-state index contributed by atoms with van der Waals surface area (Å²) in [4.78, 5) is 9.88. The van der Waals surface area contributed by atoms with Gasteiger partial charge in [0, 0.05) is 17.0 Å². The molecule has 5 heteroatoms.